The lowest BCUT2D eigenvalue weighted by atomic mass is 9.44. The molecule has 0 aliphatic heterocycles. The highest BCUT2D eigenvalue weighted by Crippen LogP contribution is 2.68. The lowest BCUT2D eigenvalue weighted by Crippen LogP contribution is -2.53. The zero-order valence-corrected chi connectivity index (χ0v) is 24.3. The molecule has 2 N–H and O–H groups in total. The molecule has 6 heteroatoms. The van der Waals surface area contributed by atoms with Crippen LogP contribution in [0.3, 0.4) is 0 Å². The van der Waals surface area contributed by atoms with E-state index in [9.17, 15) is 17.8 Å². The number of fused-ring (bicyclic) bond motifs is 5. The minimum atomic E-state index is -3.99. The fraction of sp³-hybridized carbons (Fsp3) is 0.967. The van der Waals surface area contributed by atoms with Crippen LogP contribution >= 0.6 is 0 Å². The average Bonchev–Trinajstić information content (AvgIpc) is 3.18. The maximum Gasteiger partial charge on any atom is 0.267 e. The molecule has 0 spiro atoms. The molecule has 0 aromatic rings. The van der Waals surface area contributed by atoms with E-state index in [4.69, 9.17) is 0 Å². The van der Waals surface area contributed by atoms with E-state index < -0.39 is 15.4 Å². The van der Waals surface area contributed by atoms with Crippen molar-refractivity contribution in [2.75, 3.05) is 6.54 Å². The smallest absolute Gasteiger partial charge is 0.267 e. The minimum absolute atomic E-state index is 0.0775. The Labute approximate surface area is 221 Å². The summed E-state index contributed by atoms with van der Waals surface area (Å²) in [5, 5.41) is 2.25. The van der Waals surface area contributed by atoms with Gasteiger partial charge in [0.1, 0.15) is 0 Å². The fourth-order valence-corrected chi connectivity index (χ4v) is 10.9. The molecule has 0 aromatic carbocycles. The summed E-state index contributed by atoms with van der Waals surface area (Å²) >= 11 is 0. The van der Waals surface area contributed by atoms with E-state index in [0.29, 0.717) is 49.0 Å². The summed E-state index contributed by atoms with van der Waals surface area (Å²) in [5.41, 5.74) is 1.04. The number of hydrogen-bond donors (Lipinski definition) is 2. The summed E-state index contributed by atoms with van der Waals surface area (Å²) in [4.78, 5) is 12.5. The predicted octanol–water partition coefficient (Wildman–Crippen LogP) is 7.01. The highest BCUT2D eigenvalue weighted by Gasteiger charge is 2.60. The largest absolute Gasteiger partial charge is 0.356 e. The van der Waals surface area contributed by atoms with Crippen molar-refractivity contribution >= 4 is 16.0 Å². The Hall–Kier alpha value is -0.620. The van der Waals surface area contributed by atoms with Gasteiger partial charge in [-0.2, -0.15) is 8.42 Å². The van der Waals surface area contributed by atoms with E-state index >= 15 is 0 Å². The molecule has 4 aliphatic carbocycles. The molecule has 5 nitrogen and oxygen atoms in total. The summed E-state index contributed by atoms with van der Waals surface area (Å²) in [7, 11) is -3.99. The van der Waals surface area contributed by atoms with E-state index in [-0.39, 0.29) is 5.91 Å². The van der Waals surface area contributed by atoms with E-state index in [2.05, 4.69) is 26.1 Å². The van der Waals surface area contributed by atoms with Crippen molar-refractivity contribution in [2.45, 2.75) is 129 Å². The Morgan fingerprint density at radius 3 is 2.44 bits per heavy atom. The standard InChI is InChI=1S/C30H53NO4S/c1-5-23(36(33,34)35)10-8-20-31-28(32)16-11-21(2)25-14-15-26-24-13-12-22-9-6-7-18-29(22,3)27(24)17-19-30(25,26)4/h21-27H,5-20H2,1-4H3,(H,31,32)(H,33,34,35)/t21-,22?,23?,24?,25-,26?,27?,29+,30-/m1/s1. The van der Waals surface area contributed by atoms with Gasteiger partial charge in [0.05, 0.1) is 5.25 Å². The van der Waals surface area contributed by atoms with Crippen molar-refractivity contribution in [3.05, 3.63) is 0 Å². The van der Waals surface area contributed by atoms with Gasteiger partial charge in [0.2, 0.25) is 5.91 Å². The van der Waals surface area contributed by atoms with Crippen molar-refractivity contribution in [3.8, 4) is 0 Å². The molecular weight excluding hydrogens is 470 g/mol. The zero-order valence-electron chi connectivity index (χ0n) is 23.4. The Bertz CT molecular complexity index is 874. The van der Waals surface area contributed by atoms with E-state index in [1.54, 1.807) is 6.92 Å². The number of hydrogen-bond acceptors (Lipinski definition) is 3. The second-order valence-corrected chi connectivity index (χ2v) is 15.4. The third-order valence-electron chi connectivity index (χ3n) is 12.1. The van der Waals surface area contributed by atoms with Crippen LogP contribution in [0.4, 0.5) is 0 Å². The number of nitrogens with one attached hydrogen (secondary N) is 1. The van der Waals surface area contributed by atoms with Gasteiger partial charge in [0.25, 0.3) is 10.1 Å². The first kappa shape index (κ1) is 28.4. The van der Waals surface area contributed by atoms with Crippen LogP contribution in [-0.2, 0) is 14.9 Å². The van der Waals surface area contributed by atoms with Gasteiger partial charge in [-0.25, -0.2) is 0 Å². The van der Waals surface area contributed by atoms with Crippen LogP contribution in [0.5, 0.6) is 0 Å². The summed E-state index contributed by atoms with van der Waals surface area (Å²) in [6.45, 7) is 9.90. The van der Waals surface area contributed by atoms with Crippen molar-refractivity contribution < 1.29 is 17.8 Å². The topological polar surface area (TPSA) is 83.5 Å². The molecule has 4 rings (SSSR count). The zero-order chi connectivity index (χ0) is 26.1. The highest BCUT2D eigenvalue weighted by atomic mass is 32.2. The summed E-state index contributed by atoms with van der Waals surface area (Å²) in [5.74, 6) is 5.11. The second-order valence-electron chi connectivity index (χ2n) is 13.7. The monoisotopic (exact) mass is 523 g/mol. The third kappa shape index (κ3) is 5.55. The van der Waals surface area contributed by atoms with E-state index in [0.717, 1.165) is 36.0 Å². The molecule has 208 valence electrons. The van der Waals surface area contributed by atoms with Gasteiger partial charge in [-0.15, -0.1) is 0 Å². The number of carbonyl (C=O) groups excluding carboxylic acids is 1. The molecule has 0 bridgehead atoms. The van der Waals surface area contributed by atoms with Gasteiger partial charge in [-0.05, 0) is 123 Å². The number of carbonyl (C=O) groups is 1. The van der Waals surface area contributed by atoms with Crippen LogP contribution in [0.25, 0.3) is 0 Å². The third-order valence-corrected chi connectivity index (χ3v) is 13.5. The van der Waals surface area contributed by atoms with Gasteiger partial charge < -0.3 is 5.32 Å². The predicted molar refractivity (Wildman–Crippen MR) is 146 cm³/mol. The molecule has 4 fully saturated rings. The van der Waals surface area contributed by atoms with E-state index in [1.807, 2.05) is 0 Å². The first-order valence-electron chi connectivity index (χ1n) is 15.2. The molecule has 4 aliphatic rings. The SMILES string of the molecule is CCC(CCCNC(=O)CC[C@@H](C)[C@H]1CCC2C3CCC4CCCC[C@]4(C)C3CC[C@@]21C)S(=O)(=O)O. The first-order chi connectivity index (χ1) is 17.0. The van der Waals surface area contributed by atoms with Crippen LogP contribution < -0.4 is 5.32 Å². The van der Waals surface area contributed by atoms with Gasteiger partial charge in [0.15, 0.2) is 0 Å². The maximum absolute atomic E-state index is 12.5. The summed E-state index contributed by atoms with van der Waals surface area (Å²) in [6.07, 6.45) is 17.2. The molecule has 0 heterocycles. The molecule has 1 amide bonds. The van der Waals surface area contributed by atoms with Crippen LogP contribution in [-0.4, -0.2) is 30.7 Å². The van der Waals surface area contributed by atoms with Gasteiger partial charge in [-0.3, -0.25) is 9.35 Å². The molecule has 9 atom stereocenters. The van der Waals surface area contributed by atoms with Crippen molar-refractivity contribution in [3.63, 3.8) is 0 Å². The minimum Gasteiger partial charge on any atom is -0.356 e. The van der Waals surface area contributed by atoms with Crippen molar-refractivity contribution in [1.29, 1.82) is 0 Å². The Balaban J connectivity index is 1.26. The van der Waals surface area contributed by atoms with Crippen LogP contribution in [0.15, 0.2) is 0 Å². The first-order valence-corrected chi connectivity index (χ1v) is 16.7. The van der Waals surface area contributed by atoms with Crippen LogP contribution in [0.2, 0.25) is 0 Å². The number of amides is 1. The number of rotatable bonds is 10. The molecule has 36 heavy (non-hydrogen) atoms. The van der Waals surface area contributed by atoms with E-state index in [1.165, 1.54) is 64.2 Å². The Morgan fingerprint density at radius 2 is 1.72 bits per heavy atom. The Kier molecular flexibility index (Phi) is 8.86. The lowest BCUT2D eigenvalue weighted by molar-refractivity contribution is -0.122. The second kappa shape index (κ2) is 11.2. The highest BCUT2D eigenvalue weighted by molar-refractivity contribution is 7.86. The average molecular weight is 524 g/mol. The fourth-order valence-electron chi connectivity index (χ4n) is 10.0. The normalized spacial score (nSPS) is 40.0. The molecule has 5 unspecified atom stereocenters. The van der Waals surface area contributed by atoms with Gasteiger partial charge in [-0.1, -0.05) is 40.5 Å². The van der Waals surface area contributed by atoms with Crippen molar-refractivity contribution in [1.82, 2.24) is 5.32 Å². The summed E-state index contributed by atoms with van der Waals surface area (Å²) < 4.78 is 31.9. The molecule has 0 radical (unpaired) electrons. The van der Waals surface area contributed by atoms with Gasteiger partial charge >= 0.3 is 0 Å². The van der Waals surface area contributed by atoms with Crippen LogP contribution in [0, 0.1) is 46.3 Å². The molecule has 0 aromatic heterocycles. The summed E-state index contributed by atoms with van der Waals surface area (Å²) in [6, 6.07) is 0. The van der Waals surface area contributed by atoms with Crippen LogP contribution in [0.1, 0.15) is 124 Å². The Morgan fingerprint density at radius 1 is 0.972 bits per heavy atom. The molecular formula is C30H53NO4S. The van der Waals surface area contributed by atoms with Gasteiger partial charge in [0, 0.05) is 13.0 Å². The molecule has 4 saturated carbocycles. The lowest BCUT2D eigenvalue weighted by Gasteiger charge is -2.61. The quantitative estimate of drug-likeness (QED) is 0.238. The van der Waals surface area contributed by atoms with Crippen molar-refractivity contribution in [2.24, 2.45) is 46.3 Å². The maximum atomic E-state index is 12.5. The molecule has 0 saturated heterocycles.